The van der Waals surface area contributed by atoms with Gasteiger partial charge in [-0.15, -0.1) is 0 Å². The van der Waals surface area contributed by atoms with Gasteiger partial charge in [0.1, 0.15) is 6.26 Å². The van der Waals surface area contributed by atoms with Crippen molar-refractivity contribution in [1.29, 1.82) is 0 Å². The minimum atomic E-state index is -0.204. The fraction of sp³-hybridized carbons (Fsp3) is 0.542. The molecule has 1 amide bonds. The summed E-state index contributed by atoms with van der Waals surface area (Å²) in [5.74, 6) is 0.435. The smallest absolute Gasteiger partial charge is 0.305 e. The number of aryl methyl sites for hydroxylation is 1. The lowest BCUT2D eigenvalue weighted by atomic mass is 9.75. The summed E-state index contributed by atoms with van der Waals surface area (Å²) in [5, 5.41) is 2.84. The maximum atomic E-state index is 12.3. The van der Waals surface area contributed by atoms with Crippen LogP contribution in [-0.4, -0.2) is 42.7 Å². The first kappa shape index (κ1) is 21.6. The molecule has 166 valence electrons. The molecule has 4 rings (SSSR count). The molecule has 2 aromatic rings. The third-order valence-electron chi connectivity index (χ3n) is 6.40. The molecule has 2 bridgehead atoms. The van der Waals surface area contributed by atoms with E-state index in [1.165, 1.54) is 18.9 Å². The molecule has 0 unspecified atom stereocenters. The van der Waals surface area contributed by atoms with Crippen LogP contribution < -0.4 is 5.32 Å². The third kappa shape index (κ3) is 4.66. The summed E-state index contributed by atoms with van der Waals surface area (Å²) in [7, 11) is 1.42. The lowest BCUT2D eigenvalue weighted by molar-refractivity contribution is -0.140. The van der Waals surface area contributed by atoms with Crippen LogP contribution in [0.15, 0.2) is 34.9 Å². The van der Waals surface area contributed by atoms with Crippen molar-refractivity contribution < 1.29 is 23.5 Å². The topological polar surface area (TPSA) is 90.7 Å². The number of fused-ring (bicyclic) bond motifs is 2. The van der Waals surface area contributed by atoms with Gasteiger partial charge in [0.05, 0.1) is 25.2 Å². The number of benzene rings is 1. The minimum Gasteiger partial charge on any atom is -0.469 e. The average Bonchev–Trinajstić information content (AvgIpc) is 3.53. The second-order valence-electron chi connectivity index (χ2n) is 8.36. The van der Waals surface area contributed by atoms with Crippen LogP contribution in [0.5, 0.6) is 0 Å². The van der Waals surface area contributed by atoms with E-state index >= 15 is 0 Å². The summed E-state index contributed by atoms with van der Waals surface area (Å²) in [4.78, 5) is 28.4. The molecular formula is C24H30N2O5. The number of oxazole rings is 1. The Bertz CT molecular complexity index is 924. The van der Waals surface area contributed by atoms with Crippen molar-refractivity contribution in [2.45, 2.75) is 63.6 Å². The van der Waals surface area contributed by atoms with Crippen molar-refractivity contribution in [3.63, 3.8) is 0 Å². The molecule has 1 aromatic heterocycles. The highest BCUT2D eigenvalue weighted by Crippen LogP contribution is 2.49. The predicted octanol–water partition coefficient (Wildman–Crippen LogP) is 3.42. The quantitative estimate of drug-likeness (QED) is 0.618. The number of aromatic nitrogens is 1. The first-order chi connectivity index (χ1) is 15.1. The van der Waals surface area contributed by atoms with E-state index in [1.807, 2.05) is 19.1 Å². The number of nitrogens with zero attached hydrogens (tertiary/aromatic N) is 1. The molecular weight excluding hydrogens is 396 g/mol. The Labute approximate surface area is 182 Å². The van der Waals surface area contributed by atoms with Crippen LogP contribution in [0.1, 0.15) is 66.0 Å². The molecule has 0 radical (unpaired) electrons. The molecule has 1 aromatic carbocycles. The molecule has 0 aliphatic carbocycles. The normalized spacial score (nSPS) is 24.3. The summed E-state index contributed by atoms with van der Waals surface area (Å²) in [6.45, 7) is 2.62. The van der Waals surface area contributed by atoms with E-state index in [2.05, 4.69) is 22.4 Å². The highest BCUT2D eigenvalue weighted by atomic mass is 16.5. The molecule has 2 saturated heterocycles. The van der Waals surface area contributed by atoms with Gasteiger partial charge in [0, 0.05) is 18.9 Å². The van der Waals surface area contributed by atoms with Gasteiger partial charge in [-0.05, 0) is 43.2 Å². The van der Waals surface area contributed by atoms with Crippen LogP contribution in [-0.2, 0) is 27.1 Å². The van der Waals surface area contributed by atoms with Gasteiger partial charge in [-0.25, -0.2) is 4.98 Å². The molecule has 0 spiro atoms. The van der Waals surface area contributed by atoms with Gasteiger partial charge in [0.15, 0.2) is 5.69 Å². The number of nitrogens with one attached hydrogen (secondary N) is 1. The number of esters is 1. The molecule has 31 heavy (non-hydrogen) atoms. The number of amides is 1. The molecule has 0 saturated carbocycles. The van der Waals surface area contributed by atoms with Crippen LogP contribution in [0.4, 0.5) is 0 Å². The van der Waals surface area contributed by atoms with E-state index in [-0.39, 0.29) is 35.9 Å². The highest BCUT2D eigenvalue weighted by Gasteiger charge is 2.51. The molecule has 2 aliphatic rings. The van der Waals surface area contributed by atoms with Gasteiger partial charge >= 0.3 is 5.97 Å². The summed E-state index contributed by atoms with van der Waals surface area (Å²) >= 11 is 0. The van der Waals surface area contributed by atoms with Crippen molar-refractivity contribution in [1.82, 2.24) is 10.3 Å². The fourth-order valence-electron chi connectivity index (χ4n) is 4.84. The number of rotatable bonds is 9. The van der Waals surface area contributed by atoms with Crippen LogP contribution in [0, 0.1) is 5.92 Å². The van der Waals surface area contributed by atoms with Crippen LogP contribution in [0.2, 0.25) is 0 Å². The van der Waals surface area contributed by atoms with Crippen LogP contribution in [0.25, 0.3) is 0 Å². The second kappa shape index (κ2) is 9.64. The molecule has 2 aliphatic heterocycles. The van der Waals surface area contributed by atoms with Gasteiger partial charge < -0.3 is 19.2 Å². The van der Waals surface area contributed by atoms with E-state index in [1.54, 1.807) is 0 Å². The van der Waals surface area contributed by atoms with Crippen molar-refractivity contribution in [3.05, 3.63) is 53.2 Å². The third-order valence-corrected chi connectivity index (χ3v) is 6.40. The standard InChI is InChI=1S/C24H30N2O5/c1-3-12-25-23(28)18-14-30-24(26-18)22-17(19-9-10-20(22)31-19)13-16-7-5-4-6-15(16)8-11-21(27)29-2/h4-7,14,17,19-20,22H,3,8-13H2,1-2H3,(H,25,28)/t17-,19-,20+,22-/m0/s1. The van der Waals surface area contributed by atoms with E-state index in [0.29, 0.717) is 31.0 Å². The zero-order valence-electron chi connectivity index (χ0n) is 18.1. The van der Waals surface area contributed by atoms with Crippen molar-refractivity contribution in [3.8, 4) is 0 Å². The SMILES string of the molecule is CCCNC(=O)c1coc([C@H]2[C@@H](Cc3ccccc3CCC(=O)OC)[C@@H]3CC[C@H]2O3)n1. The van der Waals surface area contributed by atoms with E-state index in [0.717, 1.165) is 31.2 Å². The zero-order valence-corrected chi connectivity index (χ0v) is 18.1. The van der Waals surface area contributed by atoms with Crippen molar-refractivity contribution in [2.75, 3.05) is 13.7 Å². The Morgan fingerprint density at radius 3 is 2.74 bits per heavy atom. The van der Waals surface area contributed by atoms with Gasteiger partial charge in [0.25, 0.3) is 5.91 Å². The summed E-state index contributed by atoms with van der Waals surface area (Å²) < 4.78 is 16.8. The minimum absolute atomic E-state index is 0.0279. The van der Waals surface area contributed by atoms with Crippen LogP contribution >= 0.6 is 0 Å². The van der Waals surface area contributed by atoms with Gasteiger partial charge in [-0.1, -0.05) is 31.2 Å². The largest absolute Gasteiger partial charge is 0.469 e. The Balaban J connectivity index is 1.52. The maximum Gasteiger partial charge on any atom is 0.305 e. The number of carbonyl (C=O) groups is 2. The first-order valence-corrected chi connectivity index (χ1v) is 11.1. The number of hydrogen-bond acceptors (Lipinski definition) is 6. The highest BCUT2D eigenvalue weighted by molar-refractivity contribution is 5.91. The average molecular weight is 427 g/mol. The fourth-order valence-corrected chi connectivity index (χ4v) is 4.84. The van der Waals surface area contributed by atoms with Crippen LogP contribution in [0.3, 0.4) is 0 Å². The molecule has 1 N–H and O–H groups in total. The monoisotopic (exact) mass is 426 g/mol. The first-order valence-electron chi connectivity index (χ1n) is 11.1. The summed E-state index contributed by atoms with van der Waals surface area (Å²) in [6, 6.07) is 8.22. The maximum absolute atomic E-state index is 12.3. The Morgan fingerprint density at radius 1 is 1.19 bits per heavy atom. The molecule has 4 atom stereocenters. The zero-order chi connectivity index (χ0) is 21.8. The Kier molecular flexibility index (Phi) is 6.70. The Hall–Kier alpha value is -2.67. The second-order valence-corrected chi connectivity index (χ2v) is 8.36. The van der Waals surface area contributed by atoms with E-state index in [9.17, 15) is 9.59 Å². The lowest BCUT2D eigenvalue weighted by Crippen LogP contribution is -2.28. The number of ether oxygens (including phenoxy) is 2. The van der Waals surface area contributed by atoms with Crippen molar-refractivity contribution >= 4 is 11.9 Å². The molecule has 7 heteroatoms. The Morgan fingerprint density at radius 2 is 1.97 bits per heavy atom. The van der Waals surface area contributed by atoms with Crippen molar-refractivity contribution in [2.24, 2.45) is 5.92 Å². The predicted molar refractivity (Wildman–Crippen MR) is 114 cm³/mol. The summed E-state index contributed by atoms with van der Waals surface area (Å²) in [6.07, 6.45) is 6.40. The number of methoxy groups -OCH3 is 1. The molecule has 7 nitrogen and oxygen atoms in total. The molecule has 2 fully saturated rings. The van der Waals surface area contributed by atoms with Gasteiger partial charge in [0.2, 0.25) is 5.89 Å². The van der Waals surface area contributed by atoms with Gasteiger partial charge in [-0.2, -0.15) is 0 Å². The lowest BCUT2D eigenvalue weighted by Gasteiger charge is -2.26. The van der Waals surface area contributed by atoms with E-state index in [4.69, 9.17) is 13.9 Å². The number of carbonyl (C=O) groups excluding carboxylic acids is 2. The molecule has 3 heterocycles. The summed E-state index contributed by atoms with van der Waals surface area (Å²) in [5.41, 5.74) is 2.69. The van der Waals surface area contributed by atoms with E-state index < -0.39 is 0 Å². The van der Waals surface area contributed by atoms with Gasteiger partial charge in [-0.3, -0.25) is 9.59 Å². The number of hydrogen-bond donors (Lipinski definition) is 1.